The number of nitrogens with one attached hydrogen (secondary N) is 1. The van der Waals surface area contributed by atoms with Crippen LogP contribution in [0.1, 0.15) is 16.7 Å². The zero-order chi connectivity index (χ0) is 14.4. The molecular weight excluding hydrogens is 275 g/mol. The lowest BCUT2D eigenvalue weighted by Crippen LogP contribution is -2.17. The van der Waals surface area contributed by atoms with Crippen molar-refractivity contribution in [2.24, 2.45) is 0 Å². The first-order valence-corrected chi connectivity index (χ1v) is 6.71. The van der Waals surface area contributed by atoms with Crippen molar-refractivity contribution in [3.8, 4) is 6.07 Å². The average molecular weight is 289 g/mol. The van der Waals surface area contributed by atoms with Gasteiger partial charge in [-0.3, -0.25) is 0 Å². The molecule has 1 N–H and O–H groups in total. The number of benzene rings is 2. The molecule has 2 rings (SSSR count). The van der Waals surface area contributed by atoms with Gasteiger partial charge >= 0.3 is 0 Å². The van der Waals surface area contributed by atoms with Crippen molar-refractivity contribution in [2.75, 3.05) is 6.54 Å². The minimum absolute atomic E-state index is 0.175. The summed E-state index contributed by atoms with van der Waals surface area (Å²) in [6.45, 7) is 1.26. The van der Waals surface area contributed by atoms with E-state index in [2.05, 4.69) is 5.32 Å². The standard InChI is InChI=1S/C16H14ClFN2/c17-15-9-12(10-19)5-6-14(15)11-20-8-7-13-3-1-2-4-16(13)18/h1-6,9,20H,7-8,11H2. The summed E-state index contributed by atoms with van der Waals surface area (Å²) in [4.78, 5) is 0. The molecule has 0 unspecified atom stereocenters. The van der Waals surface area contributed by atoms with Crippen molar-refractivity contribution >= 4 is 11.6 Å². The molecule has 2 aromatic carbocycles. The topological polar surface area (TPSA) is 35.8 Å². The maximum atomic E-state index is 13.4. The molecule has 0 spiro atoms. The van der Waals surface area contributed by atoms with Gasteiger partial charge in [0.1, 0.15) is 5.82 Å². The minimum Gasteiger partial charge on any atom is -0.312 e. The third-order valence-corrected chi connectivity index (χ3v) is 3.38. The molecule has 4 heteroatoms. The SMILES string of the molecule is N#Cc1ccc(CNCCc2ccccc2F)c(Cl)c1. The first-order chi connectivity index (χ1) is 9.70. The van der Waals surface area contributed by atoms with E-state index in [0.29, 0.717) is 35.7 Å². The van der Waals surface area contributed by atoms with E-state index in [1.807, 2.05) is 18.2 Å². The van der Waals surface area contributed by atoms with Crippen molar-refractivity contribution in [1.29, 1.82) is 5.26 Å². The van der Waals surface area contributed by atoms with E-state index in [0.717, 1.165) is 5.56 Å². The van der Waals surface area contributed by atoms with Crippen LogP contribution in [-0.4, -0.2) is 6.54 Å². The zero-order valence-electron chi connectivity index (χ0n) is 10.9. The number of hydrogen-bond donors (Lipinski definition) is 1. The summed E-state index contributed by atoms with van der Waals surface area (Å²) in [6, 6.07) is 14.0. The normalized spacial score (nSPS) is 10.2. The van der Waals surface area contributed by atoms with Crippen LogP contribution in [0.3, 0.4) is 0 Å². The van der Waals surface area contributed by atoms with E-state index in [1.165, 1.54) is 6.07 Å². The van der Waals surface area contributed by atoms with E-state index < -0.39 is 0 Å². The minimum atomic E-state index is -0.175. The summed E-state index contributed by atoms with van der Waals surface area (Å²) in [5.41, 5.74) is 2.18. The van der Waals surface area contributed by atoms with Gasteiger partial charge in [-0.1, -0.05) is 35.9 Å². The van der Waals surface area contributed by atoms with E-state index in [-0.39, 0.29) is 5.82 Å². The Morgan fingerprint density at radius 2 is 1.95 bits per heavy atom. The molecule has 102 valence electrons. The summed E-state index contributed by atoms with van der Waals surface area (Å²) in [6.07, 6.45) is 0.626. The highest BCUT2D eigenvalue weighted by molar-refractivity contribution is 6.31. The molecule has 0 bridgehead atoms. The molecule has 0 saturated heterocycles. The molecule has 0 radical (unpaired) electrons. The molecule has 0 saturated carbocycles. The summed E-state index contributed by atoms with van der Waals surface area (Å²) >= 11 is 6.08. The predicted octanol–water partition coefficient (Wildman–Crippen LogP) is 3.68. The molecule has 0 atom stereocenters. The molecule has 20 heavy (non-hydrogen) atoms. The van der Waals surface area contributed by atoms with Crippen LogP contribution in [0, 0.1) is 17.1 Å². The van der Waals surface area contributed by atoms with Gasteiger partial charge in [0, 0.05) is 11.6 Å². The molecule has 0 aromatic heterocycles. The fourth-order valence-electron chi connectivity index (χ4n) is 1.91. The van der Waals surface area contributed by atoms with Gasteiger partial charge in [-0.25, -0.2) is 4.39 Å². The van der Waals surface area contributed by atoms with Gasteiger partial charge in [-0.05, 0) is 42.3 Å². The molecule has 2 nitrogen and oxygen atoms in total. The lowest BCUT2D eigenvalue weighted by molar-refractivity contribution is 0.598. The van der Waals surface area contributed by atoms with Crippen molar-refractivity contribution in [3.63, 3.8) is 0 Å². The molecule has 0 fully saturated rings. The molecule has 2 aromatic rings. The van der Waals surface area contributed by atoms with Crippen LogP contribution in [0.15, 0.2) is 42.5 Å². The second kappa shape index (κ2) is 7.04. The Bertz CT molecular complexity index is 635. The number of hydrogen-bond acceptors (Lipinski definition) is 2. The van der Waals surface area contributed by atoms with Gasteiger partial charge in [0.25, 0.3) is 0 Å². The third-order valence-electron chi connectivity index (χ3n) is 3.03. The van der Waals surface area contributed by atoms with Crippen LogP contribution in [0.25, 0.3) is 0 Å². The van der Waals surface area contributed by atoms with Gasteiger partial charge in [0.05, 0.1) is 11.6 Å². The van der Waals surface area contributed by atoms with Crippen LogP contribution in [0.2, 0.25) is 5.02 Å². The van der Waals surface area contributed by atoms with Crippen LogP contribution in [0.5, 0.6) is 0 Å². The molecule has 0 aliphatic rings. The first kappa shape index (κ1) is 14.5. The summed E-state index contributed by atoms with van der Waals surface area (Å²) in [7, 11) is 0. The molecule has 0 heterocycles. The van der Waals surface area contributed by atoms with Crippen molar-refractivity contribution in [3.05, 3.63) is 70.0 Å². The van der Waals surface area contributed by atoms with E-state index in [1.54, 1.807) is 24.3 Å². The molecule has 0 aliphatic heterocycles. The second-order valence-electron chi connectivity index (χ2n) is 4.44. The number of nitriles is 1. The monoisotopic (exact) mass is 288 g/mol. The first-order valence-electron chi connectivity index (χ1n) is 6.33. The molecule has 0 amide bonds. The van der Waals surface area contributed by atoms with Crippen molar-refractivity contribution < 1.29 is 4.39 Å². The van der Waals surface area contributed by atoms with Crippen LogP contribution in [0.4, 0.5) is 4.39 Å². The molecular formula is C16H14ClFN2. The fraction of sp³-hybridized carbons (Fsp3) is 0.188. The highest BCUT2D eigenvalue weighted by Crippen LogP contribution is 2.17. The Labute approximate surface area is 122 Å². The Balaban J connectivity index is 1.85. The lowest BCUT2D eigenvalue weighted by Gasteiger charge is -2.07. The quantitative estimate of drug-likeness (QED) is 0.852. The van der Waals surface area contributed by atoms with E-state index in [4.69, 9.17) is 16.9 Å². The Morgan fingerprint density at radius 1 is 1.15 bits per heavy atom. The fourth-order valence-corrected chi connectivity index (χ4v) is 2.15. The zero-order valence-corrected chi connectivity index (χ0v) is 11.6. The van der Waals surface area contributed by atoms with E-state index in [9.17, 15) is 4.39 Å². The van der Waals surface area contributed by atoms with Crippen LogP contribution in [-0.2, 0) is 13.0 Å². The number of halogens is 2. The second-order valence-corrected chi connectivity index (χ2v) is 4.84. The predicted molar refractivity (Wildman–Crippen MR) is 78.0 cm³/mol. The highest BCUT2D eigenvalue weighted by atomic mass is 35.5. The molecule has 0 aliphatic carbocycles. The summed E-state index contributed by atoms with van der Waals surface area (Å²) < 4.78 is 13.4. The lowest BCUT2D eigenvalue weighted by atomic mass is 10.1. The summed E-state index contributed by atoms with van der Waals surface area (Å²) in [5.74, 6) is -0.175. The average Bonchev–Trinajstić information content (AvgIpc) is 2.46. The Kier molecular flexibility index (Phi) is 5.11. The van der Waals surface area contributed by atoms with Crippen LogP contribution < -0.4 is 5.32 Å². The summed E-state index contributed by atoms with van der Waals surface area (Å²) in [5, 5.41) is 12.6. The Morgan fingerprint density at radius 3 is 2.65 bits per heavy atom. The van der Waals surface area contributed by atoms with E-state index >= 15 is 0 Å². The maximum Gasteiger partial charge on any atom is 0.126 e. The van der Waals surface area contributed by atoms with Crippen molar-refractivity contribution in [1.82, 2.24) is 5.32 Å². The number of rotatable bonds is 5. The van der Waals surface area contributed by atoms with Crippen LogP contribution >= 0.6 is 11.6 Å². The van der Waals surface area contributed by atoms with Gasteiger partial charge < -0.3 is 5.32 Å². The van der Waals surface area contributed by atoms with Gasteiger partial charge in [0.2, 0.25) is 0 Å². The third kappa shape index (κ3) is 3.80. The van der Waals surface area contributed by atoms with Crippen molar-refractivity contribution in [2.45, 2.75) is 13.0 Å². The van der Waals surface area contributed by atoms with Gasteiger partial charge in [-0.2, -0.15) is 5.26 Å². The van der Waals surface area contributed by atoms with Gasteiger partial charge in [-0.15, -0.1) is 0 Å². The highest BCUT2D eigenvalue weighted by Gasteiger charge is 2.03. The Hall–Kier alpha value is -1.89. The van der Waals surface area contributed by atoms with Gasteiger partial charge in [0.15, 0.2) is 0 Å². The largest absolute Gasteiger partial charge is 0.312 e. The smallest absolute Gasteiger partial charge is 0.126 e. The maximum absolute atomic E-state index is 13.4. The number of nitrogens with zero attached hydrogens (tertiary/aromatic N) is 1.